The van der Waals surface area contributed by atoms with Gasteiger partial charge in [-0.05, 0) is 25.0 Å². The Hall–Kier alpha value is -1.13. The maximum Gasteiger partial charge on any atom is 0.255 e. The number of rotatable bonds is 2. The Balaban J connectivity index is 2.14. The molecule has 5 heteroatoms. The fraction of sp³-hybridized carbons (Fsp3) is 0.385. The van der Waals surface area contributed by atoms with Crippen LogP contribution in [0.15, 0.2) is 24.3 Å². The minimum Gasteiger partial charge on any atom is -0.393 e. The van der Waals surface area contributed by atoms with Crippen molar-refractivity contribution in [1.29, 1.82) is 0 Å². The Morgan fingerprint density at radius 3 is 2.83 bits per heavy atom. The lowest BCUT2D eigenvalue weighted by Gasteiger charge is -2.32. The molecular weight excluding hydrogens is 268 g/mol. The van der Waals surface area contributed by atoms with Gasteiger partial charge in [0.1, 0.15) is 0 Å². The van der Waals surface area contributed by atoms with Gasteiger partial charge in [-0.2, -0.15) is 0 Å². The van der Waals surface area contributed by atoms with Crippen molar-refractivity contribution in [3.05, 3.63) is 34.9 Å². The van der Waals surface area contributed by atoms with E-state index in [-0.39, 0.29) is 11.8 Å². The number of hydrogen-bond donors (Lipinski definition) is 1. The van der Waals surface area contributed by atoms with Crippen molar-refractivity contribution < 1.29 is 4.79 Å². The average Bonchev–Trinajstić information content (AvgIpc) is 2.38. The molecule has 1 saturated heterocycles. The third-order valence-corrected chi connectivity index (χ3v) is 3.88. The zero-order chi connectivity index (χ0) is 13.1. The number of amides is 1. The second-order valence-electron chi connectivity index (χ2n) is 4.47. The molecule has 2 N–H and O–H groups in total. The average molecular weight is 283 g/mol. The highest BCUT2D eigenvalue weighted by Crippen LogP contribution is 2.22. The lowest BCUT2D eigenvalue weighted by molar-refractivity contribution is 0.0704. The van der Waals surface area contributed by atoms with E-state index in [1.165, 1.54) is 0 Å². The molecule has 1 unspecified atom stereocenters. The van der Waals surface area contributed by atoms with Crippen LogP contribution >= 0.6 is 23.8 Å². The van der Waals surface area contributed by atoms with Gasteiger partial charge in [0.25, 0.3) is 5.91 Å². The summed E-state index contributed by atoms with van der Waals surface area (Å²) in [6.45, 7) is 1.34. The van der Waals surface area contributed by atoms with Crippen LogP contribution < -0.4 is 5.73 Å². The molecule has 0 aliphatic carbocycles. The van der Waals surface area contributed by atoms with E-state index in [4.69, 9.17) is 29.6 Å². The van der Waals surface area contributed by atoms with E-state index in [1.54, 1.807) is 17.0 Å². The number of benzene rings is 1. The van der Waals surface area contributed by atoms with Crippen molar-refractivity contribution in [2.24, 2.45) is 11.7 Å². The fourth-order valence-electron chi connectivity index (χ4n) is 2.20. The number of hydrogen-bond acceptors (Lipinski definition) is 2. The van der Waals surface area contributed by atoms with Crippen LogP contribution in [0.1, 0.15) is 23.2 Å². The molecule has 18 heavy (non-hydrogen) atoms. The molecule has 1 heterocycles. The Morgan fingerprint density at radius 1 is 1.44 bits per heavy atom. The number of carbonyl (C=O) groups excluding carboxylic acids is 1. The molecule has 1 atom stereocenters. The quantitative estimate of drug-likeness (QED) is 0.848. The molecule has 0 bridgehead atoms. The van der Waals surface area contributed by atoms with Crippen molar-refractivity contribution in [3.8, 4) is 0 Å². The third-order valence-electron chi connectivity index (χ3n) is 3.22. The second kappa shape index (κ2) is 5.67. The third kappa shape index (κ3) is 2.82. The molecule has 0 spiro atoms. The van der Waals surface area contributed by atoms with E-state index in [0.717, 1.165) is 19.4 Å². The number of piperidine rings is 1. The van der Waals surface area contributed by atoms with E-state index in [0.29, 0.717) is 22.1 Å². The monoisotopic (exact) mass is 282 g/mol. The molecular formula is C13H15ClN2OS. The minimum absolute atomic E-state index is 0.0402. The Labute approximate surface area is 117 Å². The topological polar surface area (TPSA) is 46.3 Å². The highest BCUT2D eigenvalue weighted by molar-refractivity contribution is 7.80. The largest absolute Gasteiger partial charge is 0.393 e. The Morgan fingerprint density at radius 2 is 2.17 bits per heavy atom. The molecule has 1 aliphatic heterocycles. The molecule has 1 amide bonds. The van der Waals surface area contributed by atoms with Gasteiger partial charge in [0.15, 0.2) is 0 Å². The van der Waals surface area contributed by atoms with Gasteiger partial charge in [0, 0.05) is 19.0 Å². The van der Waals surface area contributed by atoms with Crippen molar-refractivity contribution >= 4 is 34.7 Å². The first-order valence-electron chi connectivity index (χ1n) is 5.92. The van der Waals surface area contributed by atoms with Gasteiger partial charge >= 0.3 is 0 Å². The van der Waals surface area contributed by atoms with Crippen LogP contribution in [-0.2, 0) is 0 Å². The minimum atomic E-state index is -0.0402. The predicted octanol–water partition coefficient (Wildman–Crippen LogP) is 2.48. The van der Waals surface area contributed by atoms with Gasteiger partial charge in [0.05, 0.1) is 15.6 Å². The molecule has 1 fully saturated rings. The highest BCUT2D eigenvalue weighted by Gasteiger charge is 2.26. The van der Waals surface area contributed by atoms with Crippen LogP contribution in [0.3, 0.4) is 0 Å². The van der Waals surface area contributed by atoms with Gasteiger partial charge in [-0.3, -0.25) is 4.79 Å². The van der Waals surface area contributed by atoms with Crippen molar-refractivity contribution in [2.45, 2.75) is 12.8 Å². The number of nitrogens with two attached hydrogens (primary N) is 1. The molecule has 0 saturated carbocycles. The summed E-state index contributed by atoms with van der Waals surface area (Å²) < 4.78 is 0. The maximum absolute atomic E-state index is 12.3. The molecule has 0 aromatic heterocycles. The summed E-state index contributed by atoms with van der Waals surface area (Å²) in [4.78, 5) is 14.6. The van der Waals surface area contributed by atoms with Gasteiger partial charge in [-0.1, -0.05) is 36.0 Å². The van der Waals surface area contributed by atoms with Crippen molar-refractivity contribution in [1.82, 2.24) is 4.90 Å². The number of halogens is 1. The maximum atomic E-state index is 12.3. The molecule has 1 aliphatic rings. The van der Waals surface area contributed by atoms with E-state index in [1.807, 2.05) is 12.1 Å². The first-order chi connectivity index (χ1) is 8.59. The Bertz CT molecular complexity index is 478. The highest BCUT2D eigenvalue weighted by atomic mass is 35.5. The second-order valence-corrected chi connectivity index (χ2v) is 5.35. The summed E-state index contributed by atoms with van der Waals surface area (Å²) in [7, 11) is 0. The summed E-state index contributed by atoms with van der Waals surface area (Å²) in [6, 6.07) is 7.10. The summed E-state index contributed by atoms with van der Waals surface area (Å²) in [6.07, 6.45) is 1.89. The first kappa shape index (κ1) is 13.3. The summed E-state index contributed by atoms with van der Waals surface area (Å²) >= 11 is 11.1. The zero-order valence-corrected chi connectivity index (χ0v) is 11.5. The van der Waals surface area contributed by atoms with Gasteiger partial charge < -0.3 is 10.6 Å². The molecule has 0 radical (unpaired) electrons. The van der Waals surface area contributed by atoms with Crippen LogP contribution in [0.25, 0.3) is 0 Å². The molecule has 96 valence electrons. The zero-order valence-electron chi connectivity index (χ0n) is 9.93. The van der Waals surface area contributed by atoms with Gasteiger partial charge in [-0.25, -0.2) is 0 Å². The van der Waals surface area contributed by atoms with E-state index in [9.17, 15) is 4.79 Å². The van der Waals surface area contributed by atoms with Crippen LogP contribution in [-0.4, -0.2) is 28.9 Å². The van der Waals surface area contributed by atoms with E-state index < -0.39 is 0 Å². The van der Waals surface area contributed by atoms with Gasteiger partial charge in [-0.15, -0.1) is 0 Å². The Kier molecular flexibility index (Phi) is 4.19. The van der Waals surface area contributed by atoms with Crippen LogP contribution in [0.4, 0.5) is 0 Å². The molecule has 1 aromatic carbocycles. The standard InChI is InChI=1S/C13H15ClN2OS/c14-11-6-2-1-5-10(11)13(17)16-7-3-4-9(8-16)12(15)18/h1-2,5-6,9H,3-4,7-8H2,(H2,15,18). The predicted molar refractivity (Wildman–Crippen MR) is 76.9 cm³/mol. The first-order valence-corrected chi connectivity index (χ1v) is 6.71. The summed E-state index contributed by atoms with van der Waals surface area (Å²) in [5.74, 6) is 0.0849. The van der Waals surface area contributed by atoms with Crippen molar-refractivity contribution in [3.63, 3.8) is 0 Å². The SMILES string of the molecule is NC(=S)C1CCCN(C(=O)c2ccccc2Cl)C1. The van der Waals surface area contributed by atoms with E-state index >= 15 is 0 Å². The summed E-state index contributed by atoms with van der Waals surface area (Å²) in [5.41, 5.74) is 6.21. The van der Waals surface area contributed by atoms with Crippen LogP contribution in [0.2, 0.25) is 5.02 Å². The molecule has 3 nitrogen and oxygen atoms in total. The smallest absolute Gasteiger partial charge is 0.255 e. The number of carbonyl (C=O) groups is 1. The summed E-state index contributed by atoms with van der Waals surface area (Å²) in [5, 5.41) is 0.486. The van der Waals surface area contributed by atoms with Crippen LogP contribution in [0, 0.1) is 5.92 Å². The number of nitrogens with zero attached hydrogens (tertiary/aromatic N) is 1. The van der Waals surface area contributed by atoms with E-state index in [2.05, 4.69) is 0 Å². The molecule has 2 rings (SSSR count). The van der Waals surface area contributed by atoms with Crippen LogP contribution in [0.5, 0.6) is 0 Å². The number of likely N-dealkylation sites (tertiary alicyclic amines) is 1. The lowest BCUT2D eigenvalue weighted by atomic mass is 9.97. The van der Waals surface area contributed by atoms with Gasteiger partial charge in [0.2, 0.25) is 0 Å². The normalized spacial score (nSPS) is 19.6. The lowest BCUT2D eigenvalue weighted by Crippen LogP contribution is -2.43. The molecule has 1 aromatic rings. The van der Waals surface area contributed by atoms with Crippen molar-refractivity contribution in [2.75, 3.05) is 13.1 Å². The number of thiocarbonyl (C=S) groups is 1. The fourth-order valence-corrected chi connectivity index (χ4v) is 2.61.